The summed E-state index contributed by atoms with van der Waals surface area (Å²) in [5.74, 6) is -3.94. The number of alkyl halides is 2. The van der Waals surface area contributed by atoms with Crippen LogP contribution in [0.3, 0.4) is 0 Å². The van der Waals surface area contributed by atoms with E-state index < -0.39 is 31.0 Å². The summed E-state index contributed by atoms with van der Waals surface area (Å²) in [5.41, 5.74) is 2.37. The van der Waals surface area contributed by atoms with Crippen LogP contribution in [0, 0.1) is 18.8 Å². The predicted octanol–water partition coefficient (Wildman–Crippen LogP) is 2.34. The van der Waals surface area contributed by atoms with E-state index in [9.17, 15) is 23.4 Å². The van der Waals surface area contributed by atoms with Crippen molar-refractivity contribution >= 4 is 24.5 Å². The van der Waals surface area contributed by atoms with Crippen LogP contribution in [-0.4, -0.2) is 42.6 Å². The summed E-state index contributed by atoms with van der Waals surface area (Å²) < 4.78 is 37.1. The maximum atomic E-state index is 13.3. The molecule has 1 aliphatic carbocycles. The number of carbonyl (C=O) groups is 2. The van der Waals surface area contributed by atoms with E-state index >= 15 is 0 Å². The first-order valence-electron chi connectivity index (χ1n) is 10.4. The quantitative estimate of drug-likeness (QED) is 0.542. The first-order chi connectivity index (χ1) is 14.1. The van der Waals surface area contributed by atoms with Crippen LogP contribution in [0.25, 0.3) is 0 Å². The number of rotatable bonds is 6. The molecular formula is C21H28BF2NO5. The maximum absolute atomic E-state index is 13.3. The molecule has 164 valence electrons. The van der Waals surface area contributed by atoms with Crippen LogP contribution in [0.15, 0.2) is 12.1 Å². The highest BCUT2D eigenvalue weighted by molar-refractivity contribution is 6.62. The molecule has 3 rings (SSSR count). The number of halogens is 2. The fourth-order valence-electron chi connectivity index (χ4n) is 4.03. The van der Waals surface area contributed by atoms with Crippen LogP contribution < -0.4 is 10.8 Å². The van der Waals surface area contributed by atoms with Gasteiger partial charge in [-0.1, -0.05) is 19.9 Å². The SMILES string of the molecule is Cc1c(C(=O)N[C@H](C(=O)OCC2CCC(F)(F)CC2)C(C)C)ccc2c1B(O)OC2. The van der Waals surface area contributed by atoms with Gasteiger partial charge in [0.15, 0.2) is 0 Å². The number of fused-ring (bicyclic) bond motifs is 1. The molecule has 9 heteroatoms. The third kappa shape index (κ3) is 5.00. The highest BCUT2D eigenvalue weighted by atomic mass is 19.3. The molecule has 1 aromatic carbocycles. The lowest BCUT2D eigenvalue weighted by molar-refractivity contribution is -0.149. The van der Waals surface area contributed by atoms with Gasteiger partial charge in [-0.3, -0.25) is 4.79 Å². The first kappa shape index (κ1) is 22.7. The minimum absolute atomic E-state index is 0.0788. The van der Waals surface area contributed by atoms with Gasteiger partial charge >= 0.3 is 13.1 Å². The number of hydrogen-bond donors (Lipinski definition) is 2. The van der Waals surface area contributed by atoms with Gasteiger partial charge in [-0.05, 0) is 54.3 Å². The molecule has 0 aromatic heterocycles. The largest absolute Gasteiger partial charge is 0.492 e. The Morgan fingerprint density at radius 3 is 2.63 bits per heavy atom. The Labute approximate surface area is 175 Å². The topological polar surface area (TPSA) is 84.9 Å². The third-order valence-corrected chi connectivity index (χ3v) is 6.00. The van der Waals surface area contributed by atoms with Crippen LogP contribution in [-0.2, 0) is 20.8 Å². The van der Waals surface area contributed by atoms with Crippen molar-refractivity contribution in [1.82, 2.24) is 5.32 Å². The van der Waals surface area contributed by atoms with Gasteiger partial charge in [0.25, 0.3) is 5.91 Å². The van der Waals surface area contributed by atoms with E-state index in [-0.39, 0.29) is 37.9 Å². The lowest BCUT2D eigenvalue weighted by Crippen LogP contribution is -2.46. The molecule has 1 heterocycles. The summed E-state index contributed by atoms with van der Waals surface area (Å²) in [6.45, 7) is 5.68. The Hall–Kier alpha value is -2.00. The molecule has 2 N–H and O–H groups in total. The fraction of sp³-hybridized carbons (Fsp3) is 0.619. The van der Waals surface area contributed by atoms with Crippen molar-refractivity contribution < 1.29 is 32.8 Å². The number of nitrogens with one attached hydrogen (secondary N) is 1. The van der Waals surface area contributed by atoms with Crippen molar-refractivity contribution in [3.63, 3.8) is 0 Å². The minimum atomic E-state index is -2.62. The zero-order chi connectivity index (χ0) is 22.1. The second-order valence-corrected chi connectivity index (χ2v) is 8.60. The van der Waals surface area contributed by atoms with Gasteiger partial charge in [-0.2, -0.15) is 0 Å². The van der Waals surface area contributed by atoms with Gasteiger partial charge in [0.05, 0.1) is 13.2 Å². The molecule has 1 fully saturated rings. The number of benzene rings is 1. The van der Waals surface area contributed by atoms with Crippen molar-refractivity contribution in [2.24, 2.45) is 11.8 Å². The summed E-state index contributed by atoms with van der Waals surface area (Å²) in [6.07, 6.45) is 0.259. The number of amides is 1. The molecule has 0 saturated heterocycles. The van der Waals surface area contributed by atoms with Gasteiger partial charge in [0.2, 0.25) is 5.92 Å². The zero-order valence-corrected chi connectivity index (χ0v) is 17.5. The van der Waals surface area contributed by atoms with Crippen molar-refractivity contribution in [2.75, 3.05) is 6.61 Å². The van der Waals surface area contributed by atoms with Gasteiger partial charge in [-0.15, -0.1) is 0 Å². The van der Waals surface area contributed by atoms with E-state index in [1.807, 2.05) is 0 Å². The van der Waals surface area contributed by atoms with Crippen LogP contribution in [0.1, 0.15) is 61.0 Å². The molecule has 0 unspecified atom stereocenters. The van der Waals surface area contributed by atoms with E-state index in [2.05, 4.69) is 5.32 Å². The Kier molecular flexibility index (Phi) is 6.82. The first-order valence-corrected chi connectivity index (χ1v) is 10.4. The van der Waals surface area contributed by atoms with Gasteiger partial charge in [-0.25, -0.2) is 13.6 Å². The summed E-state index contributed by atoms with van der Waals surface area (Å²) in [6, 6.07) is 2.52. The smallest absolute Gasteiger partial charge is 0.464 e. The molecule has 2 aliphatic rings. The standard InChI is InChI=1S/C21H28BF2NO5/c1-12(2)18(20(27)29-10-14-6-8-21(23,24)9-7-14)25-19(26)16-5-4-15-11-30-22(28)17(15)13(16)3/h4-5,12,14,18,28H,6-11H2,1-3H3,(H,25,26)/t18-/m0/s1. The fourth-order valence-corrected chi connectivity index (χ4v) is 4.03. The molecule has 1 aromatic rings. The average molecular weight is 423 g/mol. The van der Waals surface area contributed by atoms with Crippen LogP contribution in [0.4, 0.5) is 8.78 Å². The Morgan fingerprint density at radius 1 is 1.33 bits per heavy atom. The zero-order valence-electron chi connectivity index (χ0n) is 17.5. The third-order valence-electron chi connectivity index (χ3n) is 6.00. The highest BCUT2D eigenvalue weighted by Crippen LogP contribution is 2.36. The lowest BCUT2D eigenvalue weighted by atomic mass is 9.75. The summed E-state index contributed by atoms with van der Waals surface area (Å²) in [4.78, 5) is 25.4. The number of carbonyl (C=O) groups excluding carboxylic acids is 2. The normalized spacial score (nSPS) is 19.5. The molecular weight excluding hydrogens is 395 g/mol. The monoisotopic (exact) mass is 423 g/mol. The molecule has 1 atom stereocenters. The van der Waals surface area contributed by atoms with E-state index in [0.29, 0.717) is 29.4 Å². The van der Waals surface area contributed by atoms with Crippen molar-refractivity contribution in [3.8, 4) is 0 Å². The Balaban J connectivity index is 1.62. The maximum Gasteiger partial charge on any atom is 0.492 e. The van der Waals surface area contributed by atoms with Crippen LogP contribution in [0.2, 0.25) is 0 Å². The minimum Gasteiger partial charge on any atom is -0.464 e. The van der Waals surface area contributed by atoms with Crippen molar-refractivity contribution in [3.05, 3.63) is 28.8 Å². The summed E-state index contributed by atoms with van der Waals surface area (Å²) in [5, 5.41) is 12.7. The second kappa shape index (κ2) is 9.02. The molecule has 6 nitrogen and oxygen atoms in total. The molecule has 0 bridgehead atoms. The van der Waals surface area contributed by atoms with Crippen LogP contribution >= 0.6 is 0 Å². The molecule has 30 heavy (non-hydrogen) atoms. The van der Waals surface area contributed by atoms with Gasteiger partial charge < -0.3 is 19.7 Å². The molecule has 1 aliphatic heterocycles. The molecule has 0 radical (unpaired) electrons. The summed E-state index contributed by atoms with van der Waals surface area (Å²) in [7, 11) is -1.07. The predicted molar refractivity (Wildman–Crippen MR) is 108 cm³/mol. The highest BCUT2D eigenvalue weighted by Gasteiger charge is 2.36. The van der Waals surface area contributed by atoms with Gasteiger partial charge in [0, 0.05) is 18.4 Å². The van der Waals surface area contributed by atoms with Crippen LogP contribution in [0.5, 0.6) is 0 Å². The van der Waals surface area contributed by atoms with E-state index in [4.69, 9.17) is 9.39 Å². The summed E-state index contributed by atoms with van der Waals surface area (Å²) >= 11 is 0. The van der Waals surface area contributed by atoms with Crippen molar-refractivity contribution in [2.45, 2.75) is 65.0 Å². The molecule has 1 amide bonds. The molecule has 1 saturated carbocycles. The van der Waals surface area contributed by atoms with E-state index in [0.717, 1.165) is 5.56 Å². The van der Waals surface area contributed by atoms with E-state index in [1.165, 1.54) is 0 Å². The number of ether oxygens (including phenoxy) is 1. The lowest BCUT2D eigenvalue weighted by Gasteiger charge is -2.28. The molecule has 0 spiro atoms. The average Bonchev–Trinajstić information content (AvgIpc) is 3.06. The van der Waals surface area contributed by atoms with E-state index in [1.54, 1.807) is 32.9 Å². The van der Waals surface area contributed by atoms with Crippen molar-refractivity contribution in [1.29, 1.82) is 0 Å². The van der Waals surface area contributed by atoms with Gasteiger partial charge in [0.1, 0.15) is 6.04 Å². The second-order valence-electron chi connectivity index (χ2n) is 8.60. The number of hydrogen-bond acceptors (Lipinski definition) is 5. The number of esters is 1. The Morgan fingerprint density at radius 2 is 2.00 bits per heavy atom. The Bertz CT molecular complexity index is 807.